The molecule has 19 heavy (non-hydrogen) atoms. The van der Waals surface area contributed by atoms with Crippen LogP contribution < -0.4 is 10.6 Å². The van der Waals surface area contributed by atoms with Crippen molar-refractivity contribution in [1.82, 2.24) is 10.2 Å². The summed E-state index contributed by atoms with van der Waals surface area (Å²) in [6.07, 6.45) is 0. The largest absolute Gasteiger partial charge is 0.369 e. The third-order valence-corrected chi connectivity index (χ3v) is 3.01. The van der Waals surface area contributed by atoms with Crippen molar-refractivity contribution in [2.45, 2.75) is 6.92 Å². The van der Waals surface area contributed by atoms with Gasteiger partial charge in [-0.05, 0) is 59.8 Å². The Morgan fingerprint density at radius 2 is 2.11 bits per heavy atom. The highest BCUT2D eigenvalue weighted by atomic mass is 127. The molecule has 6 heteroatoms. The Morgan fingerprint density at radius 3 is 2.74 bits per heavy atom. The normalized spacial score (nSPS) is 10.0. The number of rotatable bonds is 4. The van der Waals surface area contributed by atoms with E-state index in [0.29, 0.717) is 11.5 Å². The second kappa shape index (κ2) is 6.46. The van der Waals surface area contributed by atoms with Crippen molar-refractivity contribution in [3.05, 3.63) is 45.7 Å². The number of anilines is 2. The average Bonchev–Trinajstić information content (AvgIpc) is 2.40. The highest BCUT2D eigenvalue weighted by Crippen LogP contribution is 2.13. The molecule has 0 aliphatic carbocycles. The molecule has 0 radical (unpaired) electrons. The fraction of sp³-hybridized carbons (Fsp3) is 0.154. The van der Waals surface area contributed by atoms with Crippen LogP contribution in [-0.2, 0) is 0 Å². The standard InChI is InChI=1S/C13H13IN4O/c1-2-15-12-7-6-11(17-18-12)13(19)16-10-5-3-4-9(14)8-10/h3-8H,2H2,1H3,(H,15,18)(H,16,19). The van der Waals surface area contributed by atoms with Gasteiger partial charge in [0.05, 0.1) is 0 Å². The van der Waals surface area contributed by atoms with E-state index in [4.69, 9.17) is 0 Å². The van der Waals surface area contributed by atoms with Crippen LogP contribution in [0, 0.1) is 3.57 Å². The zero-order valence-electron chi connectivity index (χ0n) is 10.4. The zero-order chi connectivity index (χ0) is 13.7. The highest BCUT2D eigenvalue weighted by Gasteiger charge is 2.08. The molecule has 0 bridgehead atoms. The average molecular weight is 368 g/mol. The maximum absolute atomic E-state index is 12.0. The summed E-state index contributed by atoms with van der Waals surface area (Å²) in [5.41, 5.74) is 1.04. The van der Waals surface area contributed by atoms with Crippen LogP contribution in [0.3, 0.4) is 0 Å². The first-order chi connectivity index (χ1) is 9.19. The number of carbonyl (C=O) groups excluding carboxylic acids is 1. The van der Waals surface area contributed by atoms with E-state index in [1.807, 2.05) is 31.2 Å². The lowest BCUT2D eigenvalue weighted by molar-refractivity contribution is 0.102. The maximum Gasteiger partial charge on any atom is 0.276 e. The van der Waals surface area contributed by atoms with Gasteiger partial charge in [0, 0.05) is 15.8 Å². The topological polar surface area (TPSA) is 66.9 Å². The van der Waals surface area contributed by atoms with Crippen LogP contribution in [0.5, 0.6) is 0 Å². The summed E-state index contributed by atoms with van der Waals surface area (Å²) in [4.78, 5) is 12.0. The number of aromatic nitrogens is 2. The lowest BCUT2D eigenvalue weighted by atomic mass is 10.3. The Kier molecular flexibility index (Phi) is 4.67. The van der Waals surface area contributed by atoms with Crippen LogP contribution in [-0.4, -0.2) is 22.6 Å². The van der Waals surface area contributed by atoms with Gasteiger partial charge in [-0.25, -0.2) is 0 Å². The van der Waals surface area contributed by atoms with E-state index in [2.05, 4.69) is 43.4 Å². The molecular weight excluding hydrogens is 355 g/mol. The molecule has 1 aromatic carbocycles. The summed E-state index contributed by atoms with van der Waals surface area (Å²) < 4.78 is 1.06. The van der Waals surface area contributed by atoms with E-state index in [0.717, 1.165) is 15.8 Å². The van der Waals surface area contributed by atoms with Crippen LogP contribution in [0.2, 0.25) is 0 Å². The second-order valence-corrected chi connectivity index (χ2v) is 5.04. The lowest BCUT2D eigenvalue weighted by Crippen LogP contribution is -2.14. The van der Waals surface area contributed by atoms with Crippen LogP contribution in [0.1, 0.15) is 17.4 Å². The number of hydrogen-bond acceptors (Lipinski definition) is 4. The van der Waals surface area contributed by atoms with Crippen molar-refractivity contribution in [3.8, 4) is 0 Å². The predicted molar refractivity (Wildman–Crippen MR) is 83.3 cm³/mol. The Morgan fingerprint density at radius 1 is 1.26 bits per heavy atom. The molecule has 2 N–H and O–H groups in total. The number of amides is 1. The van der Waals surface area contributed by atoms with E-state index >= 15 is 0 Å². The second-order valence-electron chi connectivity index (χ2n) is 3.80. The summed E-state index contributed by atoms with van der Waals surface area (Å²) >= 11 is 2.19. The molecule has 5 nitrogen and oxygen atoms in total. The molecule has 0 atom stereocenters. The molecule has 0 spiro atoms. The Balaban J connectivity index is 2.07. The fourth-order valence-electron chi connectivity index (χ4n) is 1.49. The molecule has 1 amide bonds. The molecule has 2 aromatic rings. The van der Waals surface area contributed by atoms with Gasteiger partial charge in [0.1, 0.15) is 5.82 Å². The molecule has 1 aromatic heterocycles. The maximum atomic E-state index is 12.0. The summed E-state index contributed by atoms with van der Waals surface area (Å²) in [6, 6.07) is 11.0. The number of nitrogens with zero attached hydrogens (tertiary/aromatic N) is 2. The van der Waals surface area contributed by atoms with Crippen molar-refractivity contribution >= 4 is 40.0 Å². The third kappa shape index (κ3) is 3.88. The number of benzene rings is 1. The predicted octanol–water partition coefficient (Wildman–Crippen LogP) is 2.77. The minimum Gasteiger partial charge on any atom is -0.369 e. The van der Waals surface area contributed by atoms with Crippen molar-refractivity contribution < 1.29 is 4.79 Å². The van der Waals surface area contributed by atoms with Crippen molar-refractivity contribution in [2.24, 2.45) is 0 Å². The van der Waals surface area contributed by atoms with Gasteiger partial charge in [-0.15, -0.1) is 10.2 Å². The van der Waals surface area contributed by atoms with Gasteiger partial charge in [0.2, 0.25) is 0 Å². The van der Waals surface area contributed by atoms with Gasteiger partial charge in [-0.3, -0.25) is 4.79 Å². The van der Waals surface area contributed by atoms with Crippen molar-refractivity contribution in [2.75, 3.05) is 17.2 Å². The van der Waals surface area contributed by atoms with E-state index in [-0.39, 0.29) is 5.91 Å². The Hall–Kier alpha value is -1.70. The zero-order valence-corrected chi connectivity index (χ0v) is 12.5. The Labute approximate surface area is 125 Å². The molecule has 0 saturated carbocycles. The highest BCUT2D eigenvalue weighted by molar-refractivity contribution is 14.1. The van der Waals surface area contributed by atoms with Crippen LogP contribution in [0.25, 0.3) is 0 Å². The van der Waals surface area contributed by atoms with Crippen molar-refractivity contribution in [1.29, 1.82) is 0 Å². The van der Waals surface area contributed by atoms with Gasteiger partial charge in [0.25, 0.3) is 5.91 Å². The number of carbonyl (C=O) groups is 1. The van der Waals surface area contributed by atoms with Gasteiger partial charge < -0.3 is 10.6 Å². The number of hydrogen-bond donors (Lipinski definition) is 2. The molecule has 0 fully saturated rings. The molecule has 98 valence electrons. The fourth-order valence-corrected chi connectivity index (χ4v) is 2.03. The molecule has 0 saturated heterocycles. The number of nitrogens with one attached hydrogen (secondary N) is 2. The molecule has 0 unspecified atom stereocenters. The quantitative estimate of drug-likeness (QED) is 0.815. The van der Waals surface area contributed by atoms with Crippen molar-refractivity contribution in [3.63, 3.8) is 0 Å². The van der Waals surface area contributed by atoms with E-state index < -0.39 is 0 Å². The SMILES string of the molecule is CCNc1ccc(C(=O)Nc2cccc(I)c2)nn1. The van der Waals surface area contributed by atoms with E-state index in [1.165, 1.54) is 0 Å². The van der Waals surface area contributed by atoms with E-state index in [9.17, 15) is 4.79 Å². The molecule has 1 heterocycles. The monoisotopic (exact) mass is 368 g/mol. The Bertz CT molecular complexity index is 571. The third-order valence-electron chi connectivity index (χ3n) is 2.34. The smallest absolute Gasteiger partial charge is 0.276 e. The first kappa shape index (κ1) is 13.7. The first-order valence-electron chi connectivity index (χ1n) is 5.83. The van der Waals surface area contributed by atoms with Gasteiger partial charge >= 0.3 is 0 Å². The van der Waals surface area contributed by atoms with E-state index in [1.54, 1.807) is 12.1 Å². The van der Waals surface area contributed by atoms with Gasteiger partial charge in [-0.2, -0.15) is 0 Å². The summed E-state index contributed by atoms with van der Waals surface area (Å²) in [6.45, 7) is 2.74. The summed E-state index contributed by atoms with van der Waals surface area (Å²) in [5, 5.41) is 13.6. The minimum atomic E-state index is -0.266. The molecule has 2 rings (SSSR count). The summed E-state index contributed by atoms with van der Waals surface area (Å²) in [7, 11) is 0. The molecule has 0 aliphatic rings. The van der Waals surface area contributed by atoms with Crippen LogP contribution >= 0.6 is 22.6 Å². The van der Waals surface area contributed by atoms with Gasteiger partial charge in [0.15, 0.2) is 5.69 Å². The number of halogens is 1. The van der Waals surface area contributed by atoms with Crippen LogP contribution in [0.15, 0.2) is 36.4 Å². The summed E-state index contributed by atoms with van der Waals surface area (Å²) in [5.74, 6) is 0.394. The lowest BCUT2D eigenvalue weighted by Gasteiger charge is -2.05. The molecular formula is C13H13IN4O. The van der Waals surface area contributed by atoms with Gasteiger partial charge in [-0.1, -0.05) is 6.07 Å². The minimum absolute atomic E-state index is 0.266. The first-order valence-corrected chi connectivity index (χ1v) is 6.91. The van der Waals surface area contributed by atoms with Crippen LogP contribution in [0.4, 0.5) is 11.5 Å². The molecule has 0 aliphatic heterocycles.